The maximum Gasteiger partial charge on any atom is 0.221 e. The highest BCUT2D eigenvalue weighted by molar-refractivity contribution is 5.76. The molecule has 0 aliphatic carbocycles. The van der Waals surface area contributed by atoms with Gasteiger partial charge in [-0.3, -0.25) is 9.59 Å². The molecule has 2 unspecified atom stereocenters. The summed E-state index contributed by atoms with van der Waals surface area (Å²) >= 11 is 0. The van der Waals surface area contributed by atoms with Crippen molar-refractivity contribution in [2.45, 2.75) is 264 Å². The number of carbonyl (C=O) groups excluding carboxylic acids is 2. The number of aliphatic hydroxyl groups is 2. The Morgan fingerprint density at radius 1 is 0.450 bits per heavy atom. The summed E-state index contributed by atoms with van der Waals surface area (Å²) in [6, 6.07) is 0. The van der Waals surface area contributed by atoms with E-state index >= 15 is 0 Å². The summed E-state index contributed by atoms with van der Waals surface area (Å²) in [6.45, 7) is 11.1. The quantitative estimate of drug-likeness (QED) is 0.0390. The van der Waals surface area contributed by atoms with E-state index in [9.17, 15) is 19.8 Å². The Labute approximate surface area is 374 Å². The van der Waals surface area contributed by atoms with Gasteiger partial charge in [0.2, 0.25) is 11.8 Å². The van der Waals surface area contributed by atoms with Crippen LogP contribution >= 0.6 is 0 Å². The molecule has 0 saturated carbocycles. The van der Waals surface area contributed by atoms with Crippen LogP contribution in [0, 0.1) is 5.92 Å². The Morgan fingerprint density at radius 3 is 1.28 bits per heavy atom. The van der Waals surface area contributed by atoms with Gasteiger partial charge in [0.05, 0.1) is 12.7 Å². The van der Waals surface area contributed by atoms with Crippen LogP contribution in [0.15, 0.2) is 0 Å². The number of rotatable bonds is 50. The van der Waals surface area contributed by atoms with Crippen LogP contribution in [-0.4, -0.2) is 85.5 Å². The lowest BCUT2D eigenvalue weighted by Crippen LogP contribution is -2.38. The zero-order valence-corrected chi connectivity index (χ0v) is 40.6. The van der Waals surface area contributed by atoms with E-state index in [2.05, 4.69) is 41.6 Å². The lowest BCUT2D eigenvalue weighted by molar-refractivity contribution is -0.122. The fourth-order valence-corrected chi connectivity index (χ4v) is 8.48. The van der Waals surface area contributed by atoms with Crippen molar-refractivity contribution in [2.24, 2.45) is 5.92 Å². The van der Waals surface area contributed by atoms with E-state index in [4.69, 9.17) is 0 Å². The molecule has 0 bridgehead atoms. The van der Waals surface area contributed by atoms with Crippen LogP contribution in [0.3, 0.4) is 0 Å². The van der Waals surface area contributed by atoms with E-state index in [1.807, 2.05) is 0 Å². The van der Waals surface area contributed by atoms with Crippen LogP contribution in [0.5, 0.6) is 0 Å². The smallest absolute Gasteiger partial charge is 0.221 e. The molecule has 0 fully saturated rings. The van der Waals surface area contributed by atoms with Gasteiger partial charge in [-0.2, -0.15) is 0 Å². The molecule has 5 N–H and O–H groups in total. The summed E-state index contributed by atoms with van der Waals surface area (Å²) in [4.78, 5) is 27.4. The third-order valence-electron chi connectivity index (χ3n) is 12.6. The van der Waals surface area contributed by atoms with Crippen molar-refractivity contribution >= 4 is 11.8 Å². The largest absolute Gasteiger partial charge is 0.394 e. The van der Waals surface area contributed by atoms with Crippen LogP contribution in [-0.2, 0) is 9.59 Å². The van der Waals surface area contributed by atoms with E-state index in [1.165, 1.54) is 212 Å². The number of amides is 2. The predicted octanol–water partition coefficient (Wildman–Crippen LogP) is 12.6. The van der Waals surface area contributed by atoms with E-state index < -0.39 is 6.10 Å². The molecule has 60 heavy (non-hydrogen) atoms. The molecule has 0 radical (unpaired) electrons. The summed E-state index contributed by atoms with van der Waals surface area (Å²) in [6.07, 6.45) is 46.3. The summed E-state index contributed by atoms with van der Waals surface area (Å²) < 4.78 is 0. The van der Waals surface area contributed by atoms with Crippen molar-refractivity contribution < 1.29 is 19.8 Å². The molecule has 8 nitrogen and oxygen atoms in total. The molecule has 0 spiro atoms. The van der Waals surface area contributed by atoms with Crippen molar-refractivity contribution in [3.05, 3.63) is 0 Å². The Hall–Kier alpha value is -1.22. The van der Waals surface area contributed by atoms with Crippen molar-refractivity contribution in [2.75, 3.05) is 52.4 Å². The fraction of sp³-hybridized carbons (Fsp3) is 0.962. The highest BCUT2D eigenvalue weighted by Gasteiger charge is 2.14. The van der Waals surface area contributed by atoms with Gasteiger partial charge in [0.25, 0.3) is 0 Å². The predicted molar refractivity (Wildman–Crippen MR) is 260 cm³/mol. The second-order valence-corrected chi connectivity index (χ2v) is 18.6. The van der Waals surface area contributed by atoms with Crippen LogP contribution in [0.2, 0.25) is 0 Å². The first-order chi connectivity index (χ1) is 29.5. The minimum Gasteiger partial charge on any atom is -0.394 e. The number of hydrogen-bond acceptors (Lipinski definition) is 6. The van der Waals surface area contributed by atoms with Gasteiger partial charge in [-0.15, -0.1) is 0 Å². The topological polar surface area (TPSA) is 114 Å². The van der Waals surface area contributed by atoms with Gasteiger partial charge in [0.1, 0.15) is 0 Å². The molecule has 0 aliphatic heterocycles. The molecule has 0 aliphatic rings. The van der Waals surface area contributed by atoms with E-state index in [-0.39, 0.29) is 18.4 Å². The molecule has 8 heteroatoms. The van der Waals surface area contributed by atoms with Crippen molar-refractivity contribution in [3.8, 4) is 0 Å². The Kier molecular flexibility index (Phi) is 47.8. The van der Waals surface area contributed by atoms with Gasteiger partial charge in [0, 0.05) is 45.6 Å². The second kappa shape index (κ2) is 48.8. The van der Waals surface area contributed by atoms with Gasteiger partial charge in [0.15, 0.2) is 0 Å². The third kappa shape index (κ3) is 44.8. The Balaban J connectivity index is 4.23. The number of carbonyl (C=O) groups is 2. The zero-order chi connectivity index (χ0) is 43.8. The molecular weight excluding hydrogens is 745 g/mol. The molecule has 0 aromatic heterocycles. The minimum absolute atomic E-state index is 0.0564. The lowest BCUT2D eigenvalue weighted by Gasteiger charge is -2.24. The number of aliphatic hydroxyl groups excluding tert-OH is 2. The summed E-state index contributed by atoms with van der Waals surface area (Å²) in [7, 11) is 0. The SMILES string of the molecule is CCCCCCCCCCCCCCCCNC(=O)CCN(CCCNCCC(=O)NCC(CCCCCCCCCC)CCCCCCCCCCCC)CC(O)CO. The number of hydrogen-bond donors (Lipinski definition) is 5. The van der Waals surface area contributed by atoms with Crippen LogP contribution in [0.25, 0.3) is 0 Å². The minimum atomic E-state index is -0.815. The second-order valence-electron chi connectivity index (χ2n) is 18.6. The first kappa shape index (κ1) is 58.8. The maximum atomic E-state index is 12.8. The zero-order valence-electron chi connectivity index (χ0n) is 40.6. The normalized spacial score (nSPS) is 12.6. The summed E-state index contributed by atoms with van der Waals surface area (Å²) in [5, 5.41) is 29.3. The molecular formula is C52H106N4O4. The molecule has 0 heterocycles. The van der Waals surface area contributed by atoms with Gasteiger partial charge in [-0.25, -0.2) is 0 Å². The van der Waals surface area contributed by atoms with Gasteiger partial charge in [-0.1, -0.05) is 220 Å². The highest BCUT2D eigenvalue weighted by Crippen LogP contribution is 2.20. The first-order valence-electron chi connectivity index (χ1n) is 26.7. The molecule has 2 amide bonds. The highest BCUT2D eigenvalue weighted by atomic mass is 16.3. The molecule has 0 rings (SSSR count). The number of nitrogens with one attached hydrogen (secondary N) is 3. The summed E-state index contributed by atoms with van der Waals surface area (Å²) in [5.41, 5.74) is 0. The standard InChI is InChI=1S/C52H106N4O4/c1-4-7-10-13-16-19-21-22-23-24-26-29-32-35-42-54-52(60)40-45-56(47-50(58)48-57)44-36-41-53-43-39-51(59)55-46-49(37-33-30-27-18-15-12-9-6-3)38-34-31-28-25-20-17-14-11-8-5-2/h49-50,53,57-58H,4-48H2,1-3H3,(H,54,60)(H,55,59). The van der Waals surface area contributed by atoms with Crippen LogP contribution in [0.1, 0.15) is 258 Å². The van der Waals surface area contributed by atoms with E-state index in [0.717, 1.165) is 39.0 Å². The molecule has 2 atom stereocenters. The van der Waals surface area contributed by atoms with E-state index in [0.29, 0.717) is 38.4 Å². The Bertz CT molecular complexity index is 877. The molecule has 0 saturated heterocycles. The monoisotopic (exact) mass is 851 g/mol. The van der Waals surface area contributed by atoms with Crippen molar-refractivity contribution in [1.82, 2.24) is 20.9 Å². The van der Waals surface area contributed by atoms with Gasteiger partial charge in [-0.05, 0) is 44.7 Å². The average Bonchev–Trinajstić information content (AvgIpc) is 3.25. The van der Waals surface area contributed by atoms with Crippen molar-refractivity contribution in [1.29, 1.82) is 0 Å². The van der Waals surface area contributed by atoms with Gasteiger partial charge >= 0.3 is 0 Å². The first-order valence-corrected chi connectivity index (χ1v) is 26.7. The summed E-state index contributed by atoms with van der Waals surface area (Å²) in [5.74, 6) is 0.780. The van der Waals surface area contributed by atoms with Crippen LogP contribution < -0.4 is 16.0 Å². The van der Waals surface area contributed by atoms with Crippen LogP contribution in [0.4, 0.5) is 0 Å². The Morgan fingerprint density at radius 2 is 0.850 bits per heavy atom. The molecule has 0 aromatic rings. The van der Waals surface area contributed by atoms with Gasteiger partial charge < -0.3 is 31.1 Å². The number of nitrogens with zero attached hydrogens (tertiary/aromatic N) is 1. The van der Waals surface area contributed by atoms with Crippen molar-refractivity contribution in [3.63, 3.8) is 0 Å². The number of unbranched alkanes of at least 4 members (excludes halogenated alkanes) is 29. The molecule has 0 aromatic carbocycles. The lowest BCUT2D eigenvalue weighted by atomic mass is 9.93. The van der Waals surface area contributed by atoms with E-state index in [1.54, 1.807) is 0 Å². The average molecular weight is 851 g/mol. The third-order valence-corrected chi connectivity index (χ3v) is 12.6. The fourth-order valence-electron chi connectivity index (χ4n) is 8.48. The molecule has 358 valence electrons. The maximum absolute atomic E-state index is 12.8.